The number of nitrogen functional groups attached to an aromatic ring is 1. The monoisotopic (exact) mass is 216 g/mol. The summed E-state index contributed by atoms with van der Waals surface area (Å²) in [4.78, 5) is 2.45. The third-order valence-electron chi connectivity index (χ3n) is 4.41. The number of fused-ring (bicyclic) bond motifs is 1. The third kappa shape index (κ3) is 1.61. The van der Waals surface area contributed by atoms with E-state index < -0.39 is 0 Å². The minimum Gasteiger partial charge on any atom is -0.399 e. The molecule has 1 aromatic carbocycles. The Morgan fingerprint density at radius 1 is 1.12 bits per heavy atom. The maximum absolute atomic E-state index is 5.86. The topological polar surface area (TPSA) is 29.3 Å². The van der Waals surface area contributed by atoms with Crippen LogP contribution in [0.25, 0.3) is 0 Å². The van der Waals surface area contributed by atoms with E-state index in [1.807, 2.05) is 6.07 Å². The van der Waals surface area contributed by atoms with Crippen molar-refractivity contribution in [3.05, 3.63) is 29.3 Å². The van der Waals surface area contributed by atoms with Crippen molar-refractivity contribution >= 4 is 5.69 Å². The fourth-order valence-corrected chi connectivity index (χ4v) is 3.30. The number of anilines is 1. The first-order valence-electron chi connectivity index (χ1n) is 6.23. The van der Waals surface area contributed by atoms with E-state index in [0.717, 1.165) is 5.69 Å². The average molecular weight is 216 g/mol. The first kappa shape index (κ1) is 10.2. The lowest BCUT2D eigenvalue weighted by molar-refractivity contribution is 0.131. The van der Waals surface area contributed by atoms with Gasteiger partial charge in [0, 0.05) is 5.69 Å². The van der Waals surface area contributed by atoms with Crippen LogP contribution in [0.2, 0.25) is 0 Å². The molecule has 3 rings (SSSR count). The molecule has 2 aliphatic rings. The zero-order valence-electron chi connectivity index (χ0n) is 10.00. The van der Waals surface area contributed by atoms with E-state index in [0.29, 0.717) is 5.41 Å². The van der Waals surface area contributed by atoms with Gasteiger partial charge in [-0.1, -0.05) is 6.07 Å². The molecule has 1 spiro atoms. The highest BCUT2D eigenvalue weighted by molar-refractivity contribution is 5.47. The SMILES string of the molecule is CN1CCC2(CC1)Cc1ccc(N)cc1C2. The van der Waals surface area contributed by atoms with Gasteiger partial charge in [-0.3, -0.25) is 0 Å². The molecular weight excluding hydrogens is 196 g/mol. The lowest BCUT2D eigenvalue weighted by Crippen LogP contribution is -2.38. The van der Waals surface area contributed by atoms with Crippen LogP contribution in [0.4, 0.5) is 5.69 Å². The second-order valence-electron chi connectivity index (χ2n) is 5.68. The summed E-state index contributed by atoms with van der Waals surface area (Å²) in [6, 6.07) is 6.47. The van der Waals surface area contributed by atoms with Gasteiger partial charge in [0.05, 0.1) is 0 Å². The van der Waals surface area contributed by atoms with Crippen LogP contribution in [0, 0.1) is 5.41 Å². The Kier molecular flexibility index (Phi) is 2.21. The summed E-state index contributed by atoms with van der Waals surface area (Å²) < 4.78 is 0. The Hall–Kier alpha value is -1.02. The molecule has 0 amide bonds. The van der Waals surface area contributed by atoms with Gasteiger partial charge in [-0.05, 0) is 74.5 Å². The third-order valence-corrected chi connectivity index (χ3v) is 4.41. The van der Waals surface area contributed by atoms with Gasteiger partial charge in [-0.15, -0.1) is 0 Å². The van der Waals surface area contributed by atoms with Gasteiger partial charge in [0.1, 0.15) is 0 Å². The van der Waals surface area contributed by atoms with Crippen molar-refractivity contribution in [1.29, 1.82) is 0 Å². The Morgan fingerprint density at radius 3 is 2.56 bits per heavy atom. The van der Waals surface area contributed by atoms with E-state index in [9.17, 15) is 0 Å². The summed E-state index contributed by atoms with van der Waals surface area (Å²) in [5.74, 6) is 0. The first-order chi connectivity index (χ1) is 7.67. The summed E-state index contributed by atoms with van der Waals surface area (Å²) in [6.45, 7) is 2.51. The molecule has 0 bridgehead atoms. The summed E-state index contributed by atoms with van der Waals surface area (Å²) in [5, 5.41) is 0. The fourth-order valence-electron chi connectivity index (χ4n) is 3.30. The van der Waals surface area contributed by atoms with Gasteiger partial charge >= 0.3 is 0 Å². The molecule has 1 heterocycles. The number of hydrogen-bond acceptors (Lipinski definition) is 2. The van der Waals surface area contributed by atoms with Crippen LogP contribution >= 0.6 is 0 Å². The van der Waals surface area contributed by atoms with E-state index in [2.05, 4.69) is 24.1 Å². The van der Waals surface area contributed by atoms with Gasteiger partial charge in [0.15, 0.2) is 0 Å². The molecule has 1 aromatic rings. The van der Waals surface area contributed by atoms with Crippen LogP contribution < -0.4 is 5.73 Å². The quantitative estimate of drug-likeness (QED) is 0.673. The van der Waals surface area contributed by atoms with Crippen molar-refractivity contribution in [3.63, 3.8) is 0 Å². The molecule has 0 saturated carbocycles. The predicted octanol–water partition coefficient (Wildman–Crippen LogP) is 2.08. The van der Waals surface area contributed by atoms with Gasteiger partial charge in [0.2, 0.25) is 0 Å². The van der Waals surface area contributed by atoms with Crippen LogP contribution in [0.5, 0.6) is 0 Å². The molecule has 1 aliphatic heterocycles. The zero-order valence-corrected chi connectivity index (χ0v) is 10.00. The number of nitrogens with two attached hydrogens (primary N) is 1. The Balaban J connectivity index is 1.84. The van der Waals surface area contributed by atoms with E-state index in [1.165, 1.54) is 44.3 Å². The molecule has 0 unspecified atom stereocenters. The predicted molar refractivity (Wildman–Crippen MR) is 67.4 cm³/mol. The molecule has 0 atom stereocenters. The lowest BCUT2D eigenvalue weighted by atomic mass is 9.76. The molecule has 1 aliphatic carbocycles. The number of nitrogens with zero attached hydrogens (tertiary/aromatic N) is 1. The minimum absolute atomic E-state index is 0.558. The van der Waals surface area contributed by atoms with Crippen molar-refractivity contribution < 1.29 is 0 Å². The number of hydrogen-bond donors (Lipinski definition) is 1. The maximum Gasteiger partial charge on any atom is 0.0316 e. The van der Waals surface area contributed by atoms with Crippen molar-refractivity contribution in [2.75, 3.05) is 25.9 Å². The van der Waals surface area contributed by atoms with Crippen LogP contribution in [0.1, 0.15) is 24.0 Å². The van der Waals surface area contributed by atoms with Gasteiger partial charge in [0.25, 0.3) is 0 Å². The van der Waals surface area contributed by atoms with Crippen LogP contribution in [-0.2, 0) is 12.8 Å². The van der Waals surface area contributed by atoms with Gasteiger partial charge in [-0.25, -0.2) is 0 Å². The van der Waals surface area contributed by atoms with Crippen LogP contribution in [0.3, 0.4) is 0 Å². The Labute approximate surface area is 97.4 Å². The largest absolute Gasteiger partial charge is 0.399 e. The smallest absolute Gasteiger partial charge is 0.0316 e. The highest BCUT2D eigenvalue weighted by atomic mass is 15.1. The average Bonchev–Trinajstić information content (AvgIpc) is 2.60. The first-order valence-corrected chi connectivity index (χ1v) is 6.23. The number of benzene rings is 1. The van der Waals surface area contributed by atoms with Crippen LogP contribution in [0.15, 0.2) is 18.2 Å². The minimum atomic E-state index is 0.558. The maximum atomic E-state index is 5.86. The van der Waals surface area contributed by atoms with Crippen molar-refractivity contribution in [1.82, 2.24) is 4.90 Å². The molecule has 86 valence electrons. The standard InChI is InChI=1S/C14H20N2/c1-16-6-4-14(5-7-16)9-11-2-3-13(15)8-12(11)10-14/h2-3,8H,4-7,9-10,15H2,1H3. The molecule has 16 heavy (non-hydrogen) atoms. The summed E-state index contributed by atoms with van der Waals surface area (Å²) in [6.07, 6.45) is 5.22. The zero-order chi connectivity index (χ0) is 11.2. The van der Waals surface area contributed by atoms with Gasteiger partial charge in [-0.2, -0.15) is 0 Å². The fraction of sp³-hybridized carbons (Fsp3) is 0.571. The molecule has 0 aromatic heterocycles. The summed E-state index contributed by atoms with van der Waals surface area (Å²) in [7, 11) is 2.23. The Morgan fingerprint density at radius 2 is 1.81 bits per heavy atom. The van der Waals surface area contributed by atoms with E-state index in [4.69, 9.17) is 5.73 Å². The van der Waals surface area contributed by atoms with E-state index in [1.54, 1.807) is 5.56 Å². The highest BCUT2D eigenvalue weighted by Crippen LogP contribution is 2.44. The van der Waals surface area contributed by atoms with E-state index in [-0.39, 0.29) is 0 Å². The summed E-state index contributed by atoms with van der Waals surface area (Å²) >= 11 is 0. The van der Waals surface area contributed by atoms with Gasteiger partial charge < -0.3 is 10.6 Å². The van der Waals surface area contributed by atoms with Crippen LogP contribution in [-0.4, -0.2) is 25.0 Å². The van der Waals surface area contributed by atoms with E-state index >= 15 is 0 Å². The molecule has 1 fully saturated rings. The Bertz CT molecular complexity index is 403. The molecular formula is C14H20N2. The van der Waals surface area contributed by atoms with Crippen molar-refractivity contribution in [2.24, 2.45) is 5.41 Å². The molecule has 1 saturated heterocycles. The highest BCUT2D eigenvalue weighted by Gasteiger charge is 2.38. The summed E-state index contributed by atoms with van der Waals surface area (Å²) in [5.41, 5.74) is 10.4. The molecule has 2 heteroatoms. The number of rotatable bonds is 0. The lowest BCUT2D eigenvalue weighted by Gasteiger charge is -2.37. The second-order valence-corrected chi connectivity index (χ2v) is 5.68. The van der Waals surface area contributed by atoms with Crippen molar-refractivity contribution in [2.45, 2.75) is 25.7 Å². The van der Waals surface area contributed by atoms with Crippen molar-refractivity contribution in [3.8, 4) is 0 Å². The number of piperidine rings is 1. The second kappa shape index (κ2) is 3.49. The molecule has 2 N–H and O–H groups in total. The molecule has 2 nitrogen and oxygen atoms in total. The normalized spacial score (nSPS) is 23.6. The molecule has 0 radical (unpaired) electrons. The number of likely N-dealkylation sites (tertiary alicyclic amines) is 1.